The topological polar surface area (TPSA) is 86.5 Å². The van der Waals surface area contributed by atoms with E-state index in [0.717, 1.165) is 33.7 Å². The molecule has 0 radical (unpaired) electrons. The number of pyridine rings is 1. The normalized spacial score (nSPS) is 10.8. The summed E-state index contributed by atoms with van der Waals surface area (Å²) in [5.74, 6) is 2.05. The first-order valence-corrected chi connectivity index (χ1v) is 10.5. The Morgan fingerprint density at radius 3 is 2.62 bits per heavy atom. The highest BCUT2D eigenvalue weighted by Gasteiger charge is 2.10. The predicted molar refractivity (Wildman–Crippen MR) is 121 cm³/mol. The molecule has 1 N–H and O–H groups in total. The number of benzene rings is 2. The molecule has 164 valence electrons. The molecule has 7 heteroatoms. The van der Waals surface area contributed by atoms with Gasteiger partial charge in [-0.1, -0.05) is 23.4 Å². The third-order valence-electron chi connectivity index (χ3n) is 5.14. The summed E-state index contributed by atoms with van der Waals surface area (Å²) in [4.78, 5) is 16.8. The average molecular weight is 431 g/mol. The number of nitrogens with zero attached hydrogens (tertiary/aromatic N) is 2. The second-order valence-electron chi connectivity index (χ2n) is 7.40. The summed E-state index contributed by atoms with van der Waals surface area (Å²) in [5, 5.41) is 7.87. The van der Waals surface area contributed by atoms with E-state index >= 15 is 0 Å². The lowest BCUT2D eigenvalue weighted by Gasteiger charge is -2.10. The fourth-order valence-corrected chi connectivity index (χ4v) is 3.32. The molecule has 0 aliphatic carbocycles. The van der Waals surface area contributed by atoms with Crippen LogP contribution in [0.3, 0.4) is 0 Å². The van der Waals surface area contributed by atoms with Gasteiger partial charge in [0.1, 0.15) is 29.4 Å². The Kier molecular flexibility index (Phi) is 6.65. The molecule has 0 spiro atoms. The highest BCUT2D eigenvalue weighted by Crippen LogP contribution is 2.23. The number of aryl methyl sites for hydroxylation is 2. The van der Waals surface area contributed by atoms with Crippen LogP contribution in [0.1, 0.15) is 33.8 Å². The van der Waals surface area contributed by atoms with Gasteiger partial charge in [-0.25, -0.2) is 0 Å². The lowest BCUT2D eigenvalue weighted by atomic mass is 10.2. The molecular formula is C25H25N3O4. The van der Waals surface area contributed by atoms with Crippen LogP contribution >= 0.6 is 0 Å². The summed E-state index contributed by atoms with van der Waals surface area (Å²) in [5.41, 5.74) is 3.18. The fraction of sp³-hybridized carbons (Fsp3) is 0.240. The summed E-state index contributed by atoms with van der Waals surface area (Å²) < 4.78 is 16.8. The second kappa shape index (κ2) is 9.96. The first-order chi connectivity index (χ1) is 15.6. The van der Waals surface area contributed by atoms with Crippen molar-refractivity contribution in [2.24, 2.45) is 0 Å². The highest BCUT2D eigenvalue weighted by molar-refractivity contribution is 5.94. The number of amides is 1. The minimum Gasteiger partial charge on any atom is -0.491 e. The van der Waals surface area contributed by atoms with Gasteiger partial charge in [0.25, 0.3) is 5.91 Å². The Morgan fingerprint density at radius 2 is 1.84 bits per heavy atom. The maximum absolute atomic E-state index is 12.4. The zero-order chi connectivity index (χ0) is 22.3. The van der Waals surface area contributed by atoms with Crippen LogP contribution in [-0.2, 0) is 6.61 Å². The van der Waals surface area contributed by atoms with Gasteiger partial charge in [-0.2, -0.15) is 0 Å². The van der Waals surface area contributed by atoms with Crippen molar-refractivity contribution in [3.8, 4) is 11.5 Å². The van der Waals surface area contributed by atoms with E-state index in [-0.39, 0.29) is 5.91 Å². The van der Waals surface area contributed by atoms with E-state index in [1.54, 1.807) is 30.5 Å². The van der Waals surface area contributed by atoms with Crippen molar-refractivity contribution in [1.82, 2.24) is 15.5 Å². The fourth-order valence-electron chi connectivity index (χ4n) is 3.32. The van der Waals surface area contributed by atoms with Gasteiger partial charge in [-0.3, -0.25) is 9.78 Å². The van der Waals surface area contributed by atoms with Crippen LogP contribution in [0.5, 0.6) is 11.5 Å². The molecule has 0 bridgehead atoms. The minimum absolute atomic E-state index is 0.130. The zero-order valence-electron chi connectivity index (χ0n) is 18.1. The Balaban J connectivity index is 1.21. The Hall–Kier alpha value is -3.87. The van der Waals surface area contributed by atoms with Gasteiger partial charge in [-0.15, -0.1) is 0 Å². The van der Waals surface area contributed by atoms with E-state index in [9.17, 15) is 4.79 Å². The quantitative estimate of drug-likeness (QED) is 0.389. The Labute approximate surface area is 186 Å². The Morgan fingerprint density at radius 1 is 1.03 bits per heavy atom. The molecule has 0 fully saturated rings. The maximum Gasteiger partial charge on any atom is 0.251 e. The number of hydrogen-bond acceptors (Lipinski definition) is 6. The number of para-hydroxylation sites is 1. The Bertz CT molecular complexity index is 1180. The van der Waals surface area contributed by atoms with E-state index in [0.29, 0.717) is 37.5 Å². The summed E-state index contributed by atoms with van der Waals surface area (Å²) in [7, 11) is 0. The molecule has 0 saturated heterocycles. The first kappa shape index (κ1) is 21.4. The summed E-state index contributed by atoms with van der Waals surface area (Å²) in [6.45, 7) is 5.12. The number of hydrogen-bond donors (Lipinski definition) is 1. The van der Waals surface area contributed by atoms with E-state index in [1.165, 1.54) is 0 Å². The van der Waals surface area contributed by atoms with Crippen LogP contribution in [0.4, 0.5) is 0 Å². The van der Waals surface area contributed by atoms with Crippen LogP contribution in [0.15, 0.2) is 65.3 Å². The van der Waals surface area contributed by atoms with E-state index in [1.807, 2.05) is 44.2 Å². The largest absolute Gasteiger partial charge is 0.491 e. The molecule has 0 saturated carbocycles. The highest BCUT2D eigenvalue weighted by atomic mass is 16.5. The number of fused-ring (bicyclic) bond motifs is 1. The zero-order valence-corrected chi connectivity index (χ0v) is 18.1. The molecule has 2 aromatic heterocycles. The lowest BCUT2D eigenvalue weighted by Crippen LogP contribution is -2.25. The summed E-state index contributed by atoms with van der Waals surface area (Å²) in [6.07, 6.45) is 2.44. The van der Waals surface area contributed by atoms with Gasteiger partial charge < -0.3 is 19.3 Å². The summed E-state index contributed by atoms with van der Waals surface area (Å²) >= 11 is 0. The first-order valence-electron chi connectivity index (χ1n) is 10.5. The molecule has 0 aliphatic heterocycles. The number of ether oxygens (including phenoxy) is 2. The van der Waals surface area contributed by atoms with E-state index in [2.05, 4.69) is 15.5 Å². The maximum atomic E-state index is 12.4. The van der Waals surface area contributed by atoms with Crippen molar-refractivity contribution in [2.75, 3.05) is 13.2 Å². The molecule has 0 unspecified atom stereocenters. The molecule has 2 heterocycles. The molecule has 1 amide bonds. The van der Waals surface area contributed by atoms with Gasteiger partial charge in [0.05, 0.1) is 17.9 Å². The van der Waals surface area contributed by atoms with Crippen molar-refractivity contribution >= 4 is 16.8 Å². The van der Waals surface area contributed by atoms with Gasteiger partial charge in [0.2, 0.25) is 0 Å². The van der Waals surface area contributed by atoms with Crippen LogP contribution in [0, 0.1) is 13.8 Å². The second-order valence-corrected chi connectivity index (χ2v) is 7.40. The van der Waals surface area contributed by atoms with Gasteiger partial charge >= 0.3 is 0 Å². The molecule has 0 atom stereocenters. The summed E-state index contributed by atoms with van der Waals surface area (Å²) in [6, 6.07) is 16.8. The average Bonchev–Trinajstić information content (AvgIpc) is 3.14. The van der Waals surface area contributed by atoms with Crippen molar-refractivity contribution < 1.29 is 18.8 Å². The molecule has 4 rings (SSSR count). The molecule has 7 nitrogen and oxygen atoms in total. The number of nitrogens with one attached hydrogen (secondary N) is 1. The minimum atomic E-state index is -0.130. The lowest BCUT2D eigenvalue weighted by molar-refractivity contribution is 0.0951. The smallest absolute Gasteiger partial charge is 0.251 e. The van der Waals surface area contributed by atoms with Crippen LogP contribution in [0.25, 0.3) is 10.9 Å². The number of carbonyl (C=O) groups excluding carboxylic acids is 1. The molecule has 2 aromatic carbocycles. The van der Waals surface area contributed by atoms with Gasteiger partial charge in [0, 0.05) is 23.7 Å². The molecule has 32 heavy (non-hydrogen) atoms. The standard InChI is InChI=1S/C25H25N3O4/c1-17-22(18(2)32-28-17)16-31-21-11-9-20(10-12-21)25(29)27-14-5-15-30-23-8-3-6-19-7-4-13-26-24(19)23/h3-4,6-13H,5,14-16H2,1-2H3,(H,27,29). The molecule has 4 aromatic rings. The third kappa shape index (κ3) is 5.06. The molecular weight excluding hydrogens is 406 g/mol. The SMILES string of the molecule is Cc1noc(C)c1COc1ccc(C(=O)NCCCOc2cccc3cccnc23)cc1. The van der Waals surface area contributed by atoms with Crippen molar-refractivity contribution in [1.29, 1.82) is 0 Å². The monoisotopic (exact) mass is 431 g/mol. The number of aromatic nitrogens is 2. The molecule has 0 aliphatic rings. The van der Waals surface area contributed by atoms with Crippen LogP contribution in [0.2, 0.25) is 0 Å². The van der Waals surface area contributed by atoms with Gasteiger partial charge in [0.15, 0.2) is 0 Å². The third-order valence-corrected chi connectivity index (χ3v) is 5.14. The van der Waals surface area contributed by atoms with Crippen molar-refractivity contribution in [3.63, 3.8) is 0 Å². The number of carbonyl (C=O) groups is 1. The van der Waals surface area contributed by atoms with Crippen LogP contribution in [-0.4, -0.2) is 29.2 Å². The number of rotatable bonds is 9. The van der Waals surface area contributed by atoms with Crippen LogP contribution < -0.4 is 14.8 Å². The predicted octanol–water partition coefficient (Wildman–Crippen LogP) is 4.62. The van der Waals surface area contributed by atoms with E-state index < -0.39 is 0 Å². The van der Waals surface area contributed by atoms with Crippen molar-refractivity contribution in [3.05, 3.63) is 83.4 Å². The van der Waals surface area contributed by atoms with Gasteiger partial charge in [-0.05, 0) is 56.7 Å². The van der Waals surface area contributed by atoms with Crippen molar-refractivity contribution in [2.45, 2.75) is 26.9 Å². The van der Waals surface area contributed by atoms with E-state index in [4.69, 9.17) is 14.0 Å².